The fourth-order valence-electron chi connectivity index (χ4n) is 1.80. The standard InChI is InChI=1S/C14H13N3O3/c1-2-17(11-4-6-15-7-5-11)13(18)10-3-8-16-12(9-10)14(19)20/h3-9H,2H2,1H3,(H,19,20). The molecule has 1 N–H and O–H groups in total. The Kier molecular flexibility index (Phi) is 4.05. The number of anilines is 1. The summed E-state index contributed by atoms with van der Waals surface area (Å²) in [5.74, 6) is -1.43. The minimum absolute atomic E-state index is 0.151. The minimum Gasteiger partial charge on any atom is -0.477 e. The third kappa shape index (κ3) is 2.80. The molecule has 2 aromatic heterocycles. The smallest absolute Gasteiger partial charge is 0.354 e. The molecular formula is C14H13N3O3. The molecule has 0 saturated carbocycles. The lowest BCUT2D eigenvalue weighted by molar-refractivity contribution is 0.0690. The largest absolute Gasteiger partial charge is 0.477 e. The second kappa shape index (κ2) is 5.92. The lowest BCUT2D eigenvalue weighted by atomic mass is 10.2. The maximum Gasteiger partial charge on any atom is 0.354 e. The van der Waals surface area contributed by atoms with Gasteiger partial charge in [-0.1, -0.05) is 0 Å². The fraction of sp³-hybridized carbons (Fsp3) is 0.143. The van der Waals surface area contributed by atoms with Crippen LogP contribution >= 0.6 is 0 Å². The van der Waals surface area contributed by atoms with Crippen molar-refractivity contribution < 1.29 is 14.7 Å². The molecule has 2 rings (SSSR count). The highest BCUT2D eigenvalue weighted by Crippen LogP contribution is 2.16. The number of amides is 1. The summed E-state index contributed by atoms with van der Waals surface area (Å²) in [7, 11) is 0. The van der Waals surface area contributed by atoms with E-state index in [0.717, 1.165) is 0 Å². The van der Waals surface area contributed by atoms with Gasteiger partial charge in [-0.3, -0.25) is 9.78 Å². The number of carboxylic acid groups (broad SMARTS) is 1. The number of nitrogens with zero attached hydrogens (tertiary/aromatic N) is 3. The predicted octanol–water partition coefficient (Wildman–Crippen LogP) is 1.84. The van der Waals surface area contributed by atoms with Crippen LogP contribution in [-0.2, 0) is 0 Å². The summed E-state index contributed by atoms with van der Waals surface area (Å²) >= 11 is 0. The van der Waals surface area contributed by atoms with Crippen LogP contribution in [0.2, 0.25) is 0 Å². The first-order chi connectivity index (χ1) is 9.63. The topological polar surface area (TPSA) is 83.4 Å². The van der Waals surface area contributed by atoms with Gasteiger partial charge in [0.25, 0.3) is 5.91 Å². The van der Waals surface area contributed by atoms with Gasteiger partial charge in [-0.25, -0.2) is 9.78 Å². The fourth-order valence-corrected chi connectivity index (χ4v) is 1.80. The molecule has 102 valence electrons. The maximum atomic E-state index is 12.4. The van der Waals surface area contributed by atoms with Crippen LogP contribution in [0, 0.1) is 0 Å². The van der Waals surface area contributed by atoms with E-state index in [1.807, 2.05) is 6.92 Å². The Morgan fingerprint density at radius 3 is 2.50 bits per heavy atom. The summed E-state index contributed by atoms with van der Waals surface area (Å²) < 4.78 is 0. The Hall–Kier alpha value is -2.76. The number of pyridine rings is 2. The summed E-state index contributed by atoms with van der Waals surface area (Å²) in [4.78, 5) is 32.5. The van der Waals surface area contributed by atoms with E-state index in [9.17, 15) is 9.59 Å². The van der Waals surface area contributed by atoms with E-state index in [1.54, 1.807) is 29.4 Å². The van der Waals surface area contributed by atoms with Gasteiger partial charge < -0.3 is 10.0 Å². The molecule has 0 aromatic carbocycles. The highest BCUT2D eigenvalue weighted by Gasteiger charge is 2.17. The molecule has 2 aromatic rings. The molecule has 1 amide bonds. The molecule has 6 heteroatoms. The van der Waals surface area contributed by atoms with Gasteiger partial charge >= 0.3 is 5.97 Å². The van der Waals surface area contributed by atoms with E-state index in [2.05, 4.69) is 9.97 Å². The molecule has 0 aliphatic carbocycles. The van der Waals surface area contributed by atoms with Crippen LogP contribution in [0.1, 0.15) is 27.8 Å². The Morgan fingerprint density at radius 2 is 1.90 bits per heavy atom. The molecular weight excluding hydrogens is 258 g/mol. The predicted molar refractivity (Wildman–Crippen MR) is 72.8 cm³/mol. The average molecular weight is 271 g/mol. The molecule has 20 heavy (non-hydrogen) atoms. The number of hydrogen-bond donors (Lipinski definition) is 1. The van der Waals surface area contributed by atoms with Gasteiger partial charge in [-0.2, -0.15) is 0 Å². The van der Waals surface area contributed by atoms with E-state index in [0.29, 0.717) is 12.2 Å². The zero-order valence-corrected chi connectivity index (χ0v) is 10.9. The van der Waals surface area contributed by atoms with Gasteiger partial charge in [-0.05, 0) is 31.2 Å². The summed E-state index contributed by atoms with van der Waals surface area (Å²) in [5.41, 5.74) is 0.846. The van der Waals surface area contributed by atoms with Crippen molar-refractivity contribution in [1.82, 2.24) is 9.97 Å². The lowest BCUT2D eigenvalue weighted by Gasteiger charge is -2.20. The van der Waals surface area contributed by atoms with E-state index >= 15 is 0 Å². The van der Waals surface area contributed by atoms with E-state index < -0.39 is 5.97 Å². The highest BCUT2D eigenvalue weighted by molar-refractivity contribution is 6.06. The monoisotopic (exact) mass is 271 g/mol. The van der Waals surface area contributed by atoms with Crippen molar-refractivity contribution in [3.05, 3.63) is 54.1 Å². The molecule has 0 fully saturated rings. The van der Waals surface area contributed by atoms with E-state index in [-0.39, 0.29) is 17.2 Å². The molecule has 0 radical (unpaired) electrons. The molecule has 0 atom stereocenters. The van der Waals surface area contributed by atoms with Gasteiger partial charge in [0.1, 0.15) is 5.69 Å². The third-order valence-electron chi connectivity index (χ3n) is 2.76. The van der Waals surface area contributed by atoms with Crippen LogP contribution < -0.4 is 4.90 Å². The number of carbonyl (C=O) groups excluding carboxylic acids is 1. The van der Waals surface area contributed by atoms with E-state index in [1.165, 1.54) is 18.3 Å². The second-order valence-electron chi connectivity index (χ2n) is 3.99. The first-order valence-electron chi connectivity index (χ1n) is 6.04. The third-order valence-corrected chi connectivity index (χ3v) is 2.76. The van der Waals surface area contributed by atoms with Gasteiger partial charge in [0.2, 0.25) is 0 Å². The van der Waals surface area contributed by atoms with Gasteiger partial charge in [0.15, 0.2) is 0 Å². The molecule has 0 saturated heterocycles. The minimum atomic E-state index is -1.16. The summed E-state index contributed by atoms with van der Waals surface area (Å²) in [5, 5.41) is 8.91. The Balaban J connectivity index is 2.34. The summed E-state index contributed by atoms with van der Waals surface area (Å²) in [6.45, 7) is 2.31. The van der Waals surface area contributed by atoms with Crippen molar-refractivity contribution in [2.24, 2.45) is 0 Å². The number of hydrogen-bond acceptors (Lipinski definition) is 4. The number of carboxylic acids is 1. The van der Waals surface area contributed by atoms with Crippen LogP contribution in [0.25, 0.3) is 0 Å². The zero-order chi connectivity index (χ0) is 14.5. The summed E-state index contributed by atoms with van der Waals surface area (Å²) in [6, 6.07) is 6.22. The van der Waals surface area contributed by atoms with Crippen LogP contribution in [-0.4, -0.2) is 33.5 Å². The maximum absolute atomic E-state index is 12.4. The molecule has 6 nitrogen and oxygen atoms in total. The van der Waals surface area contributed by atoms with Crippen LogP contribution in [0.5, 0.6) is 0 Å². The molecule has 0 aliphatic heterocycles. The molecule has 0 bridgehead atoms. The molecule has 0 aliphatic rings. The Labute approximate surface area is 115 Å². The van der Waals surface area contributed by atoms with Crippen molar-refractivity contribution in [1.29, 1.82) is 0 Å². The number of aromatic carboxylic acids is 1. The highest BCUT2D eigenvalue weighted by atomic mass is 16.4. The molecule has 0 spiro atoms. The molecule has 0 unspecified atom stereocenters. The van der Waals surface area contributed by atoms with E-state index in [4.69, 9.17) is 5.11 Å². The molecule has 2 heterocycles. The number of aromatic nitrogens is 2. The Bertz CT molecular complexity index is 629. The first-order valence-corrected chi connectivity index (χ1v) is 6.04. The first kappa shape index (κ1) is 13.7. The van der Waals surface area contributed by atoms with Gasteiger partial charge in [-0.15, -0.1) is 0 Å². The van der Waals surface area contributed by atoms with Crippen LogP contribution in [0.4, 0.5) is 5.69 Å². The van der Waals surface area contributed by atoms with Crippen molar-refractivity contribution in [2.75, 3.05) is 11.4 Å². The number of rotatable bonds is 4. The normalized spacial score (nSPS) is 10.1. The SMILES string of the molecule is CCN(C(=O)c1ccnc(C(=O)O)c1)c1ccncc1. The number of carbonyl (C=O) groups is 2. The summed E-state index contributed by atoms with van der Waals surface area (Å²) in [6.07, 6.45) is 4.51. The zero-order valence-electron chi connectivity index (χ0n) is 10.9. The van der Waals surface area contributed by atoms with Crippen LogP contribution in [0.3, 0.4) is 0 Å². The second-order valence-corrected chi connectivity index (χ2v) is 3.99. The Morgan fingerprint density at radius 1 is 1.20 bits per heavy atom. The average Bonchev–Trinajstić information content (AvgIpc) is 2.49. The van der Waals surface area contributed by atoms with Gasteiger partial charge in [0.05, 0.1) is 0 Å². The van der Waals surface area contributed by atoms with Crippen molar-refractivity contribution >= 4 is 17.6 Å². The van der Waals surface area contributed by atoms with Crippen LogP contribution in [0.15, 0.2) is 42.9 Å². The van der Waals surface area contributed by atoms with Crippen molar-refractivity contribution in [2.45, 2.75) is 6.92 Å². The van der Waals surface area contributed by atoms with Crippen molar-refractivity contribution in [3.63, 3.8) is 0 Å². The quantitative estimate of drug-likeness (QED) is 0.917. The van der Waals surface area contributed by atoms with Crippen molar-refractivity contribution in [3.8, 4) is 0 Å². The van der Waals surface area contributed by atoms with Gasteiger partial charge in [0, 0.05) is 36.4 Å². The lowest BCUT2D eigenvalue weighted by Crippen LogP contribution is -2.30.